The van der Waals surface area contributed by atoms with E-state index in [0.29, 0.717) is 29.4 Å². The first-order valence-electron chi connectivity index (χ1n) is 9.84. The Morgan fingerprint density at radius 1 is 1.19 bits per heavy atom. The third-order valence-corrected chi connectivity index (χ3v) is 6.50. The van der Waals surface area contributed by atoms with Crippen LogP contribution >= 0.6 is 0 Å². The van der Waals surface area contributed by atoms with Gasteiger partial charge in [-0.2, -0.15) is 8.42 Å². The lowest BCUT2D eigenvalue weighted by atomic mass is 10.0. The molecule has 1 amide bonds. The van der Waals surface area contributed by atoms with Crippen LogP contribution in [0.4, 0.5) is 5.69 Å². The number of amidine groups is 1. The van der Waals surface area contributed by atoms with Crippen LogP contribution in [0.1, 0.15) is 69.7 Å². The first kappa shape index (κ1) is 19.9. The number of fused-ring (bicyclic) bond motifs is 3. The number of benzene rings is 1. The summed E-state index contributed by atoms with van der Waals surface area (Å²) in [7, 11) is -3.77. The second kappa shape index (κ2) is 8.00. The van der Waals surface area contributed by atoms with Crippen LogP contribution in [-0.4, -0.2) is 32.7 Å². The van der Waals surface area contributed by atoms with Gasteiger partial charge in [0.1, 0.15) is 10.7 Å². The summed E-state index contributed by atoms with van der Waals surface area (Å²) in [5.41, 5.74) is 1.01. The molecule has 2 aliphatic heterocycles. The standard InChI is InChI=1S/C20H29N3O3S/c1-14(2)8-9-15(3)21-20(24)16-10-11-17-18(13-16)27(25,26)22-19-7-5-4-6-12-23(17)19/h10-11,13-15H,4-9,12H2,1-3H3,(H,21,24)/t15-/m1/s1. The Kier molecular flexibility index (Phi) is 5.89. The van der Waals surface area contributed by atoms with Crippen molar-refractivity contribution in [3.63, 3.8) is 0 Å². The smallest absolute Gasteiger partial charge is 0.286 e. The summed E-state index contributed by atoms with van der Waals surface area (Å²) >= 11 is 0. The molecule has 0 saturated carbocycles. The maximum atomic E-state index is 12.7. The van der Waals surface area contributed by atoms with E-state index in [9.17, 15) is 13.2 Å². The fourth-order valence-electron chi connectivity index (χ4n) is 3.58. The number of amides is 1. The monoisotopic (exact) mass is 391 g/mol. The molecule has 148 valence electrons. The molecule has 1 aromatic carbocycles. The van der Waals surface area contributed by atoms with Crippen LogP contribution < -0.4 is 10.2 Å². The Labute approximate surface area is 162 Å². The van der Waals surface area contributed by atoms with Crippen molar-refractivity contribution in [2.75, 3.05) is 11.4 Å². The van der Waals surface area contributed by atoms with E-state index in [1.165, 1.54) is 6.07 Å². The zero-order valence-electron chi connectivity index (χ0n) is 16.4. The summed E-state index contributed by atoms with van der Waals surface area (Å²) in [4.78, 5) is 14.7. The molecule has 1 aromatic rings. The van der Waals surface area contributed by atoms with Gasteiger partial charge in [0.05, 0.1) is 5.69 Å². The topological polar surface area (TPSA) is 78.8 Å². The number of carbonyl (C=O) groups excluding carboxylic acids is 1. The van der Waals surface area contributed by atoms with Crippen molar-refractivity contribution < 1.29 is 13.2 Å². The Hall–Kier alpha value is -1.89. The zero-order chi connectivity index (χ0) is 19.6. The van der Waals surface area contributed by atoms with Gasteiger partial charge in [-0.3, -0.25) is 4.79 Å². The number of nitrogens with zero attached hydrogens (tertiary/aromatic N) is 2. The van der Waals surface area contributed by atoms with Gasteiger partial charge in [0.15, 0.2) is 0 Å². The fraction of sp³-hybridized carbons (Fsp3) is 0.600. The molecule has 0 bridgehead atoms. The van der Waals surface area contributed by atoms with Crippen molar-refractivity contribution in [1.29, 1.82) is 0 Å². The number of carbonyl (C=O) groups is 1. The highest BCUT2D eigenvalue weighted by Gasteiger charge is 2.32. The fourth-order valence-corrected chi connectivity index (χ4v) is 4.87. The van der Waals surface area contributed by atoms with Crippen LogP contribution in [0.5, 0.6) is 0 Å². The predicted octanol–water partition coefficient (Wildman–Crippen LogP) is 3.72. The molecular formula is C20H29N3O3S. The van der Waals surface area contributed by atoms with E-state index in [2.05, 4.69) is 23.6 Å². The first-order chi connectivity index (χ1) is 12.8. The molecule has 0 spiro atoms. The number of anilines is 1. The van der Waals surface area contributed by atoms with Crippen molar-refractivity contribution in [2.24, 2.45) is 10.3 Å². The van der Waals surface area contributed by atoms with E-state index >= 15 is 0 Å². The molecule has 2 aliphatic rings. The molecular weight excluding hydrogens is 362 g/mol. The molecule has 2 heterocycles. The highest BCUT2D eigenvalue weighted by atomic mass is 32.2. The summed E-state index contributed by atoms with van der Waals surface area (Å²) in [5.74, 6) is 0.966. The number of hydrogen-bond acceptors (Lipinski definition) is 4. The van der Waals surface area contributed by atoms with Crippen LogP contribution in [0.25, 0.3) is 0 Å². The molecule has 1 saturated heterocycles. The predicted molar refractivity (Wildman–Crippen MR) is 108 cm³/mol. The highest BCUT2D eigenvalue weighted by Crippen LogP contribution is 2.35. The van der Waals surface area contributed by atoms with Crippen molar-refractivity contribution in [1.82, 2.24) is 5.32 Å². The Bertz CT molecular complexity index is 846. The van der Waals surface area contributed by atoms with Crippen molar-refractivity contribution in [3.8, 4) is 0 Å². The van der Waals surface area contributed by atoms with Crippen LogP contribution in [-0.2, 0) is 10.0 Å². The normalized spacial score (nSPS) is 19.6. The molecule has 0 aliphatic carbocycles. The molecule has 1 atom stereocenters. The van der Waals surface area contributed by atoms with E-state index in [1.807, 2.05) is 11.8 Å². The van der Waals surface area contributed by atoms with Gasteiger partial charge < -0.3 is 10.2 Å². The largest absolute Gasteiger partial charge is 0.350 e. The van der Waals surface area contributed by atoms with Crippen molar-refractivity contribution in [2.45, 2.75) is 70.2 Å². The third kappa shape index (κ3) is 4.51. The minimum absolute atomic E-state index is 0.0442. The van der Waals surface area contributed by atoms with Gasteiger partial charge in [-0.1, -0.05) is 20.3 Å². The Morgan fingerprint density at radius 2 is 1.96 bits per heavy atom. The van der Waals surface area contributed by atoms with Gasteiger partial charge >= 0.3 is 0 Å². The zero-order valence-corrected chi connectivity index (χ0v) is 17.2. The second-order valence-electron chi connectivity index (χ2n) is 7.97. The molecule has 0 unspecified atom stereocenters. The summed E-state index contributed by atoms with van der Waals surface area (Å²) < 4.78 is 29.4. The lowest BCUT2D eigenvalue weighted by Crippen LogP contribution is -2.36. The average Bonchev–Trinajstić information content (AvgIpc) is 2.84. The first-order valence-corrected chi connectivity index (χ1v) is 11.3. The maximum absolute atomic E-state index is 12.7. The lowest BCUT2D eigenvalue weighted by molar-refractivity contribution is 0.0937. The molecule has 0 aromatic heterocycles. The van der Waals surface area contributed by atoms with Gasteiger partial charge in [0.2, 0.25) is 0 Å². The second-order valence-corrected chi connectivity index (χ2v) is 9.55. The van der Waals surface area contributed by atoms with Crippen LogP contribution in [0.15, 0.2) is 27.5 Å². The molecule has 3 rings (SSSR count). The van der Waals surface area contributed by atoms with Crippen molar-refractivity contribution >= 4 is 27.5 Å². The number of sulfonamides is 1. The van der Waals surface area contributed by atoms with Gasteiger partial charge in [0.25, 0.3) is 15.9 Å². The SMILES string of the molecule is CC(C)CC[C@@H](C)NC(=O)c1ccc2c(c1)S(=O)(=O)N=C1CCCCCN12. The molecule has 6 nitrogen and oxygen atoms in total. The summed E-state index contributed by atoms with van der Waals surface area (Å²) in [6.07, 6.45) is 5.64. The highest BCUT2D eigenvalue weighted by molar-refractivity contribution is 7.90. The van der Waals surface area contributed by atoms with Crippen LogP contribution in [0.2, 0.25) is 0 Å². The van der Waals surface area contributed by atoms with Gasteiger partial charge in [-0.15, -0.1) is 4.40 Å². The van der Waals surface area contributed by atoms with E-state index in [0.717, 1.165) is 38.6 Å². The molecule has 1 fully saturated rings. The number of rotatable bonds is 5. The third-order valence-electron chi connectivity index (χ3n) is 5.16. The van der Waals surface area contributed by atoms with Crippen LogP contribution in [0.3, 0.4) is 0 Å². The minimum Gasteiger partial charge on any atom is -0.350 e. The number of hydrogen-bond donors (Lipinski definition) is 1. The summed E-state index contributed by atoms with van der Waals surface area (Å²) in [5, 5.41) is 2.97. The Balaban J connectivity index is 1.84. The maximum Gasteiger partial charge on any atom is 0.286 e. The van der Waals surface area contributed by atoms with E-state index < -0.39 is 10.0 Å². The van der Waals surface area contributed by atoms with E-state index in [4.69, 9.17) is 0 Å². The summed E-state index contributed by atoms with van der Waals surface area (Å²) in [6, 6.07) is 4.98. The Morgan fingerprint density at radius 3 is 2.70 bits per heavy atom. The minimum atomic E-state index is -3.77. The quantitative estimate of drug-likeness (QED) is 0.830. The molecule has 0 radical (unpaired) electrons. The van der Waals surface area contributed by atoms with Gasteiger partial charge in [0, 0.05) is 24.6 Å². The number of nitrogens with one attached hydrogen (secondary N) is 1. The van der Waals surface area contributed by atoms with E-state index in [1.54, 1.807) is 12.1 Å². The molecule has 27 heavy (non-hydrogen) atoms. The van der Waals surface area contributed by atoms with Gasteiger partial charge in [-0.05, 0) is 56.7 Å². The van der Waals surface area contributed by atoms with Crippen LogP contribution in [0, 0.1) is 5.92 Å². The van der Waals surface area contributed by atoms with Crippen molar-refractivity contribution in [3.05, 3.63) is 23.8 Å². The lowest BCUT2D eigenvalue weighted by Gasteiger charge is -2.29. The average molecular weight is 392 g/mol. The molecule has 1 N–H and O–H groups in total. The van der Waals surface area contributed by atoms with E-state index in [-0.39, 0.29) is 16.8 Å². The summed E-state index contributed by atoms with van der Waals surface area (Å²) in [6.45, 7) is 7.04. The molecule has 7 heteroatoms. The van der Waals surface area contributed by atoms with Gasteiger partial charge in [-0.25, -0.2) is 0 Å².